The van der Waals surface area contributed by atoms with E-state index in [1.807, 2.05) is 12.1 Å². The molecule has 156 valence electrons. The predicted molar refractivity (Wildman–Crippen MR) is 119 cm³/mol. The van der Waals surface area contributed by atoms with Crippen LogP contribution in [0.2, 0.25) is 0 Å². The molecule has 2 aromatic carbocycles. The van der Waals surface area contributed by atoms with Crippen LogP contribution in [-0.2, 0) is 13.1 Å². The zero-order valence-corrected chi connectivity index (χ0v) is 17.7. The summed E-state index contributed by atoms with van der Waals surface area (Å²) in [5, 5.41) is 3.22. The summed E-state index contributed by atoms with van der Waals surface area (Å²) in [5.41, 5.74) is 4.11. The number of aromatic nitrogens is 2. The molecule has 0 saturated heterocycles. The zero-order valence-electron chi connectivity index (χ0n) is 17.7. The number of carbonyl (C=O) groups excluding carboxylic acids is 1. The Morgan fingerprint density at radius 1 is 1.07 bits per heavy atom. The summed E-state index contributed by atoms with van der Waals surface area (Å²) < 4.78 is 2.31. The monoisotopic (exact) mass is 402 g/mol. The molecule has 1 aromatic heterocycles. The van der Waals surface area contributed by atoms with Gasteiger partial charge < -0.3 is 9.88 Å². The van der Waals surface area contributed by atoms with Crippen LogP contribution in [0.4, 0.5) is 0 Å². The minimum absolute atomic E-state index is 0.0362. The zero-order chi connectivity index (χ0) is 20.5. The highest BCUT2D eigenvalue weighted by Crippen LogP contribution is 2.28. The summed E-state index contributed by atoms with van der Waals surface area (Å²) in [4.78, 5) is 20.1. The minimum Gasteiger partial charge on any atom is -0.349 e. The molecule has 1 fully saturated rings. The van der Waals surface area contributed by atoms with Crippen molar-refractivity contribution in [1.29, 1.82) is 0 Å². The van der Waals surface area contributed by atoms with Crippen LogP contribution in [0, 0.1) is 0 Å². The first-order valence-electron chi connectivity index (χ1n) is 11.3. The number of rotatable bonds is 4. The van der Waals surface area contributed by atoms with Crippen LogP contribution in [0.5, 0.6) is 0 Å². The van der Waals surface area contributed by atoms with Crippen molar-refractivity contribution >= 4 is 16.9 Å². The van der Waals surface area contributed by atoms with Gasteiger partial charge in [-0.3, -0.25) is 9.69 Å². The van der Waals surface area contributed by atoms with Gasteiger partial charge in [0.1, 0.15) is 5.82 Å². The second-order valence-corrected chi connectivity index (χ2v) is 8.75. The van der Waals surface area contributed by atoms with Gasteiger partial charge in [0.2, 0.25) is 0 Å². The lowest BCUT2D eigenvalue weighted by Gasteiger charge is -2.33. The summed E-state index contributed by atoms with van der Waals surface area (Å²) in [7, 11) is 0. The van der Waals surface area contributed by atoms with Gasteiger partial charge in [-0.25, -0.2) is 4.98 Å². The van der Waals surface area contributed by atoms with E-state index in [0.717, 1.165) is 54.9 Å². The summed E-state index contributed by atoms with van der Waals surface area (Å²) >= 11 is 0. The third kappa shape index (κ3) is 3.74. The largest absolute Gasteiger partial charge is 0.349 e. The first-order chi connectivity index (χ1) is 14.7. The summed E-state index contributed by atoms with van der Waals surface area (Å²) in [6.45, 7) is 5.02. The first kappa shape index (κ1) is 19.3. The smallest absolute Gasteiger partial charge is 0.251 e. The van der Waals surface area contributed by atoms with Crippen LogP contribution in [0.3, 0.4) is 0 Å². The lowest BCUT2D eigenvalue weighted by molar-refractivity contribution is 0.0928. The Hall–Kier alpha value is -2.66. The highest BCUT2D eigenvalue weighted by Gasteiger charge is 2.25. The molecule has 2 aliphatic rings. The molecule has 3 aromatic rings. The molecule has 1 aliphatic heterocycles. The van der Waals surface area contributed by atoms with Crippen molar-refractivity contribution in [2.75, 3.05) is 6.54 Å². The molecular formula is C25H30N4O. The third-order valence-corrected chi connectivity index (χ3v) is 6.81. The van der Waals surface area contributed by atoms with Gasteiger partial charge in [-0.2, -0.15) is 0 Å². The van der Waals surface area contributed by atoms with Crippen LogP contribution < -0.4 is 5.32 Å². The number of benzene rings is 2. The molecule has 1 saturated carbocycles. The number of nitrogens with one attached hydrogen (secondary N) is 1. The second kappa shape index (κ2) is 8.23. The predicted octanol–water partition coefficient (Wildman–Crippen LogP) is 4.68. The molecule has 5 heteroatoms. The van der Waals surface area contributed by atoms with E-state index in [-0.39, 0.29) is 5.91 Å². The van der Waals surface area contributed by atoms with Crippen molar-refractivity contribution in [3.8, 4) is 0 Å². The fourth-order valence-electron chi connectivity index (χ4n) is 4.97. The van der Waals surface area contributed by atoms with Gasteiger partial charge in [0.05, 0.1) is 17.6 Å². The average molecular weight is 403 g/mol. The van der Waals surface area contributed by atoms with E-state index < -0.39 is 0 Å². The Kier molecular flexibility index (Phi) is 5.30. The Balaban J connectivity index is 1.34. The lowest BCUT2D eigenvalue weighted by Crippen LogP contribution is -2.36. The highest BCUT2D eigenvalue weighted by atomic mass is 16.1. The Labute approximate surface area is 178 Å². The van der Waals surface area contributed by atoms with Crippen LogP contribution in [0.25, 0.3) is 11.0 Å². The van der Waals surface area contributed by atoms with Crippen molar-refractivity contribution in [2.45, 2.75) is 64.2 Å². The Bertz CT molecular complexity index is 1040. The number of hydrogen-bond donors (Lipinski definition) is 1. The van der Waals surface area contributed by atoms with Crippen LogP contribution >= 0.6 is 0 Å². The molecule has 2 heterocycles. The number of imidazole rings is 1. The van der Waals surface area contributed by atoms with E-state index in [1.165, 1.54) is 24.8 Å². The SMILES string of the molecule is C[C@H](c1ccccc1)N1CCn2c(nc3cc(C(=O)NC4CCCCC4)ccc32)C1. The van der Waals surface area contributed by atoms with Gasteiger partial charge in [0.25, 0.3) is 5.91 Å². The van der Waals surface area contributed by atoms with Crippen molar-refractivity contribution in [2.24, 2.45) is 0 Å². The molecule has 5 rings (SSSR count). The van der Waals surface area contributed by atoms with Gasteiger partial charge in [-0.15, -0.1) is 0 Å². The Morgan fingerprint density at radius 3 is 2.67 bits per heavy atom. The molecule has 1 aliphatic carbocycles. The van der Waals surface area contributed by atoms with E-state index in [9.17, 15) is 4.79 Å². The second-order valence-electron chi connectivity index (χ2n) is 8.75. The van der Waals surface area contributed by atoms with Crippen molar-refractivity contribution in [1.82, 2.24) is 19.8 Å². The first-order valence-corrected chi connectivity index (χ1v) is 11.3. The van der Waals surface area contributed by atoms with E-state index in [2.05, 4.69) is 58.1 Å². The molecule has 1 N–H and O–H groups in total. The number of nitrogens with zero attached hydrogens (tertiary/aromatic N) is 3. The van der Waals surface area contributed by atoms with Crippen molar-refractivity contribution in [3.63, 3.8) is 0 Å². The lowest BCUT2D eigenvalue weighted by atomic mass is 9.95. The Morgan fingerprint density at radius 2 is 1.87 bits per heavy atom. The molecule has 0 unspecified atom stereocenters. The summed E-state index contributed by atoms with van der Waals surface area (Å²) in [6.07, 6.45) is 5.92. The van der Waals surface area contributed by atoms with Gasteiger partial charge in [0, 0.05) is 30.7 Å². The maximum atomic E-state index is 12.7. The van der Waals surface area contributed by atoms with Crippen LogP contribution in [0.1, 0.15) is 66.8 Å². The standard InChI is InChI=1S/C25H30N4O/c1-18(19-8-4-2-5-9-19)28-14-15-29-23-13-12-20(16-22(23)27-24(29)17-28)25(30)26-21-10-6-3-7-11-21/h2,4-5,8-9,12-13,16,18,21H,3,6-7,10-11,14-15,17H2,1H3,(H,26,30)/t18-/m1/s1. The normalized spacial score (nSPS) is 18.8. The molecule has 1 amide bonds. The maximum Gasteiger partial charge on any atom is 0.251 e. The van der Waals surface area contributed by atoms with Crippen LogP contribution in [0.15, 0.2) is 48.5 Å². The van der Waals surface area contributed by atoms with Gasteiger partial charge in [-0.05, 0) is 43.5 Å². The quantitative estimate of drug-likeness (QED) is 0.690. The van der Waals surface area contributed by atoms with Crippen molar-refractivity contribution in [3.05, 3.63) is 65.5 Å². The topological polar surface area (TPSA) is 50.2 Å². The number of carbonyl (C=O) groups is 1. The summed E-state index contributed by atoms with van der Waals surface area (Å²) in [6, 6.07) is 17.3. The van der Waals surface area contributed by atoms with Crippen molar-refractivity contribution < 1.29 is 4.79 Å². The van der Waals surface area contributed by atoms with Gasteiger partial charge in [0.15, 0.2) is 0 Å². The third-order valence-electron chi connectivity index (χ3n) is 6.81. The van der Waals surface area contributed by atoms with E-state index >= 15 is 0 Å². The molecule has 0 radical (unpaired) electrons. The molecular weight excluding hydrogens is 372 g/mol. The maximum absolute atomic E-state index is 12.7. The molecule has 0 spiro atoms. The molecule has 0 bridgehead atoms. The van der Waals surface area contributed by atoms with Gasteiger partial charge in [-0.1, -0.05) is 49.6 Å². The molecule has 5 nitrogen and oxygen atoms in total. The molecule has 30 heavy (non-hydrogen) atoms. The highest BCUT2D eigenvalue weighted by molar-refractivity contribution is 5.97. The van der Waals surface area contributed by atoms with E-state index in [4.69, 9.17) is 4.98 Å². The molecule has 1 atom stereocenters. The number of amides is 1. The van der Waals surface area contributed by atoms with Crippen LogP contribution in [-0.4, -0.2) is 32.9 Å². The van der Waals surface area contributed by atoms with E-state index in [0.29, 0.717) is 12.1 Å². The fraction of sp³-hybridized carbons (Fsp3) is 0.440. The van der Waals surface area contributed by atoms with Gasteiger partial charge >= 0.3 is 0 Å². The minimum atomic E-state index is 0.0362. The fourth-order valence-corrected chi connectivity index (χ4v) is 4.97. The van der Waals surface area contributed by atoms with E-state index in [1.54, 1.807) is 0 Å². The number of hydrogen-bond acceptors (Lipinski definition) is 3. The average Bonchev–Trinajstić information content (AvgIpc) is 3.16. The summed E-state index contributed by atoms with van der Waals surface area (Å²) in [5.74, 6) is 1.12. The number of fused-ring (bicyclic) bond motifs is 3.